The summed E-state index contributed by atoms with van der Waals surface area (Å²) in [6, 6.07) is 0. The van der Waals surface area contributed by atoms with E-state index in [0.29, 0.717) is 0 Å². The van der Waals surface area contributed by atoms with Gasteiger partial charge in [-0.2, -0.15) is 0 Å². The van der Waals surface area contributed by atoms with Crippen molar-refractivity contribution in [3.8, 4) is 0 Å². The third-order valence-corrected chi connectivity index (χ3v) is 4.11. The van der Waals surface area contributed by atoms with Crippen LogP contribution in [0.4, 0.5) is 0 Å². The Hall–Kier alpha value is -0.870. The van der Waals surface area contributed by atoms with E-state index < -0.39 is 5.60 Å². The standard InChI is InChI=1S/C14H21NO2S/c1-5-15-7-6-10-11(9-18-12(10)8-15)13(16)17-14(2,3)4/h9H,5-8H2,1-4H3. The highest BCUT2D eigenvalue weighted by Gasteiger charge is 2.26. The molecule has 100 valence electrons. The van der Waals surface area contributed by atoms with Crippen LogP contribution in [0.15, 0.2) is 5.38 Å². The van der Waals surface area contributed by atoms with Crippen molar-refractivity contribution < 1.29 is 9.53 Å². The van der Waals surface area contributed by atoms with Crippen LogP contribution >= 0.6 is 11.3 Å². The van der Waals surface area contributed by atoms with Crippen LogP contribution in [0.2, 0.25) is 0 Å². The number of esters is 1. The molecule has 4 heteroatoms. The van der Waals surface area contributed by atoms with Gasteiger partial charge in [0.1, 0.15) is 5.60 Å². The van der Waals surface area contributed by atoms with Crippen LogP contribution in [-0.4, -0.2) is 29.6 Å². The van der Waals surface area contributed by atoms with Crippen molar-refractivity contribution in [2.45, 2.75) is 46.3 Å². The molecule has 1 aliphatic rings. The van der Waals surface area contributed by atoms with Crippen molar-refractivity contribution in [3.05, 3.63) is 21.4 Å². The molecule has 0 fully saturated rings. The van der Waals surface area contributed by atoms with Crippen molar-refractivity contribution >= 4 is 17.3 Å². The lowest BCUT2D eigenvalue weighted by Gasteiger charge is -2.26. The van der Waals surface area contributed by atoms with Gasteiger partial charge in [0.25, 0.3) is 0 Å². The minimum atomic E-state index is -0.421. The highest BCUT2D eigenvalue weighted by molar-refractivity contribution is 7.10. The predicted octanol–water partition coefficient (Wildman–Crippen LogP) is 3.08. The molecule has 0 bridgehead atoms. The second-order valence-corrected chi connectivity index (χ2v) is 6.64. The smallest absolute Gasteiger partial charge is 0.339 e. The fraction of sp³-hybridized carbons (Fsp3) is 0.643. The summed E-state index contributed by atoms with van der Waals surface area (Å²) in [4.78, 5) is 15.8. The first-order valence-corrected chi connectivity index (χ1v) is 7.33. The van der Waals surface area contributed by atoms with Crippen LogP contribution in [0.5, 0.6) is 0 Å². The molecule has 0 aromatic carbocycles. The topological polar surface area (TPSA) is 29.5 Å². The van der Waals surface area contributed by atoms with E-state index in [4.69, 9.17) is 4.74 Å². The third kappa shape index (κ3) is 2.93. The van der Waals surface area contributed by atoms with Gasteiger partial charge in [-0.15, -0.1) is 11.3 Å². The summed E-state index contributed by atoms with van der Waals surface area (Å²) in [5, 5.41) is 1.96. The van der Waals surface area contributed by atoms with Gasteiger partial charge >= 0.3 is 5.97 Å². The van der Waals surface area contributed by atoms with Crippen molar-refractivity contribution in [2.24, 2.45) is 0 Å². The molecule has 0 atom stereocenters. The van der Waals surface area contributed by atoms with E-state index in [-0.39, 0.29) is 5.97 Å². The molecule has 2 rings (SSSR count). The molecule has 1 aromatic heterocycles. The molecule has 0 aliphatic carbocycles. The monoisotopic (exact) mass is 267 g/mol. The summed E-state index contributed by atoms with van der Waals surface area (Å²) < 4.78 is 5.46. The van der Waals surface area contributed by atoms with Gasteiger partial charge in [0.05, 0.1) is 5.56 Å². The van der Waals surface area contributed by atoms with Crippen molar-refractivity contribution in [1.82, 2.24) is 4.90 Å². The molecule has 0 spiro atoms. The number of carbonyl (C=O) groups excluding carboxylic acids is 1. The maximum atomic E-state index is 12.1. The number of hydrogen-bond acceptors (Lipinski definition) is 4. The minimum Gasteiger partial charge on any atom is -0.456 e. The first-order valence-electron chi connectivity index (χ1n) is 6.45. The predicted molar refractivity (Wildman–Crippen MR) is 74.1 cm³/mol. The van der Waals surface area contributed by atoms with Crippen LogP contribution in [-0.2, 0) is 17.7 Å². The summed E-state index contributed by atoms with van der Waals surface area (Å²) in [7, 11) is 0. The zero-order valence-corrected chi connectivity index (χ0v) is 12.4. The van der Waals surface area contributed by atoms with Crippen LogP contribution in [0, 0.1) is 0 Å². The Bertz CT molecular complexity index is 445. The lowest BCUT2D eigenvalue weighted by molar-refractivity contribution is 0.00684. The molecule has 0 saturated heterocycles. The first-order chi connectivity index (χ1) is 8.40. The number of ether oxygens (including phenoxy) is 1. The summed E-state index contributed by atoms with van der Waals surface area (Å²) >= 11 is 1.68. The van der Waals surface area contributed by atoms with E-state index >= 15 is 0 Å². The summed E-state index contributed by atoms with van der Waals surface area (Å²) in [6.07, 6.45) is 0.960. The molecule has 0 amide bonds. The van der Waals surface area contributed by atoms with Crippen molar-refractivity contribution in [2.75, 3.05) is 13.1 Å². The fourth-order valence-electron chi connectivity index (χ4n) is 2.16. The zero-order valence-electron chi connectivity index (χ0n) is 11.6. The average Bonchev–Trinajstić information content (AvgIpc) is 2.69. The number of carbonyl (C=O) groups is 1. The molecule has 18 heavy (non-hydrogen) atoms. The molecular formula is C14H21NO2S. The Kier molecular flexibility index (Phi) is 3.78. The second kappa shape index (κ2) is 5.02. The average molecular weight is 267 g/mol. The number of hydrogen-bond donors (Lipinski definition) is 0. The maximum absolute atomic E-state index is 12.1. The molecule has 0 unspecified atom stereocenters. The largest absolute Gasteiger partial charge is 0.456 e. The van der Waals surface area contributed by atoms with Crippen LogP contribution in [0.1, 0.15) is 48.5 Å². The second-order valence-electron chi connectivity index (χ2n) is 5.67. The molecule has 0 radical (unpaired) electrons. The van der Waals surface area contributed by atoms with Gasteiger partial charge < -0.3 is 4.74 Å². The quantitative estimate of drug-likeness (QED) is 0.771. The lowest BCUT2D eigenvalue weighted by atomic mass is 10.0. The normalized spacial score (nSPS) is 16.4. The van der Waals surface area contributed by atoms with E-state index in [2.05, 4.69) is 11.8 Å². The van der Waals surface area contributed by atoms with Crippen LogP contribution < -0.4 is 0 Å². The Morgan fingerprint density at radius 2 is 2.22 bits per heavy atom. The van der Waals surface area contributed by atoms with Gasteiger partial charge in [-0.3, -0.25) is 4.90 Å². The minimum absolute atomic E-state index is 0.176. The number of likely N-dealkylation sites (N-methyl/N-ethyl adjacent to an activating group) is 1. The van der Waals surface area contributed by atoms with E-state index in [1.54, 1.807) is 11.3 Å². The Morgan fingerprint density at radius 1 is 1.50 bits per heavy atom. The van der Waals surface area contributed by atoms with Gasteiger partial charge in [-0.1, -0.05) is 6.92 Å². The van der Waals surface area contributed by atoms with E-state index in [0.717, 1.165) is 31.6 Å². The van der Waals surface area contributed by atoms with Gasteiger partial charge in [-0.25, -0.2) is 4.79 Å². The van der Waals surface area contributed by atoms with Crippen molar-refractivity contribution in [3.63, 3.8) is 0 Å². The van der Waals surface area contributed by atoms with E-state index in [9.17, 15) is 4.79 Å². The van der Waals surface area contributed by atoms with Gasteiger partial charge in [0.2, 0.25) is 0 Å². The molecular weight excluding hydrogens is 246 g/mol. The number of nitrogens with zero attached hydrogens (tertiary/aromatic N) is 1. The van der Waals surface area contributed by atoms with E-state index in [1.165, 1.54) is 10.4 Å². The summed E-state index contributed by atoms with van der Waals surface area (Å²) in [6.45, 7) is 11.0. The first kappa shape index (κ1) is 13.6. The molecule has 0 saturated carbocycles. The molecule has 1 aromatic rings. The van der Waals surface area contributed by atoms with E-state index in [1.807, 2.05) is 26.2 Å². The van der Waals surface area contributed by atoms with Crippen LogP contribution in [0.3, 0.4) is 0 Å². The summed E-state index contributed by atoms with van der Waals surface area (Å²) in [5.41, 5.74) is 1.57. The number of fused-ring (bicyclic) bond motifs is 1. The van der Waals surface area contributed by atoms with Crippen molar-refractivity contribution in [1.29, 1.82) is 0 Å². The Morgan fingerprint density at radius 3 is 2.83 bits per heavy atom. The summed E-state index contributed by atoms with van der Waals surface area (Å²) in [5.74, 6) is -0.176. The Balaban J connectivity index is 2.17. The Labute approximate surface area is 113 Å². The highest BCUT2D eigenvalue weighted by Crippen LogP contribution is 2.29. The molecule has 0 N–H and O–H groups in total. The number of thiophene rings is 1. The molecule has 3 nitrogen and oxygen atoms in total. The molecule has 2 heterocycles. The third-order valence-electron chi connectivity index (χ3n) is 3.09. The van der Waals surface area contributed by atoms with Gasteiger partial charge in [0.15, 0.2) is 0 Å². The maximum Gasteiger partial charge on any atom is 0.339 e. The highest BCUT2D eigenvalue weighted by atomic mass is 32.1. The number of rotatable bonds is 2. The lowest BCUT2D eigenvalue weighted by Crippen LogP contribution is -2.30. The fourth-order valence-corrected chi connectivity index (χ4v) is 3.27. The zero-order chi connectivity index (χ0) is 13.3. The van der Waals surface area contributed by atoms with Gasteiger partial charge in [-0.05, 0) is 39.3 Å². The molecule has 1 aliphatic heterocycles. The van der Waals surface area contributed by atoms with Crippen LogP contribution in [0.25, 0.3) is 0 Å². The SMILES string of the molecule is CCN1CCc2c(C(=O)OC(C)(C)C)csc2C1. The van der Waals surface area contributed by atoms with Gasteiger partial charge in [0, 0.05) is 23.3 Å².